The molecule has 0 spiro atoms. The second-order valence-electron chi connectivity index (χ2n) is 4.84. The fourth-order valence-corrected chi connectivity index (χ4v) is 3.00. The predicted molar refractivity (Wildman–Crippen MR) is 79.9 cm³/mol. The van der Waals surface area contributed by atoms with Gasteiger partial charge in [0.2, 0.25) is 0 Å². The van der Waals surface area contributed by atoms with Crippen molar-refractivity contribution < 1.29 is 0 Å². The van der Waals surface area contributed by atoms with E-state index >= 15 is 0 Å². The quantitative estimate of drug-likeness (QED) is 0.930. The van der Waals surface area contributed by atoms with E-state index < -0.39 is 0 Å². The Labute approximate surface area is 117 Å². The molecule has 0 amide bonds. The third-order valence-corrected chi connectivity index (χ3v) is 4.25. The monoisotopic (exact) mass is 274 g/mol. The second-order valence-corrected chi connectivity index (χ2v) is 5.78. The first kappa shape index (κ1) is 12.4. The molecule has 0 atom stereocenters. The van der Waals surface area contributed by atoms with Gasteiger partial charge >= 0.3 is 0 Å². The fraction of sp³-hybridized carbons (Fsp3) is 0.429. The van der Waals surface area contributed by atoms with Gasteiger partial charge in [-0.25, -0.2) is 9.97 Å². The standard InChI is InChI=1S/C14H18N4S/c1-11-10-19-14(17-11)9-15-12-4-5-13(16-8-12)18-6-2-3-7-18/h4-5,8,10,15H,2-3,6-7,9H2,1H3. The third kappa shape index (κ3) is 3.04. The number of aromatic nitrogens is 2. The predicted octanol–water partition coefficient (Wildman–Crippen LogP) is 3.06. The van der Waals surface area contributed by atoms with E-state index in [9.17, 15) is 0 Å². The number of anilines is 2. The lowest BCUT2D eigenvalue weighted by Gasteiger charge is -2.16. The molecule has 0 aliphatic carbocycles. The van der Waals surface area contributed by atoms with Crippen molar-refractivity contribution in [1.82, 2.24) is 9.97 Å². The van der Waals surface area contributed by atoms with E-state index in [2.05, 4.69) is 37.7 Å². The van der Waals surface area contributed by atoms with E-state index in [0.29, 0.717) is 0 Å². The van der Waals surface area contributed by atoms with Crippen LogP contribution in [0.15, 0.2) is 23.7 Å². The number of nitrogens with zero attached hydrogens (tertiary/aromatic N) is 3. The zero-order chi connectivity index (χ0) is 13.1. The van der Waals surface area contributed by atoms with E-state index in [1.807, 2.05) is 13.1 Å². The van der Waals surface area contributed by atoms with Crippen molar-refractivity contribution in [2.45, 2.75) is 26.3 Å². The molecule has 19 heavy (non-hydrogen) atoms. The molecule has 100 valence electrons. The van der Waals surface area contributed by atoms with Crippen molar-refractivity contribution in [3.8, 4) is 0 Å². The number of thiazole rings is 1. The largest absolute Gasteiger partial charge is 0.377 e. The summed E-state index contributed by atoms with van der Waals surface area (Å²) in [4.78, 5) is 11.3. The first-order valence-electron chi connectivity index (χ1n) is 6.67. The van der Waals surface area contributed by atoms with Crippen LogP contribution in [0.2, 0.25) is 0 Å². The summed E-state index contributed by atoms with van der Waals surface area (Å²) >= 11 is 1.69. The minimum absolute atomic E-state index is 0.767. The lowest BCUT2D eigenvalue weighted by molar-refractivity contribution is 0.937. The number of aryl methyl sites for hydroxylation is 1. The lowest BCUT2D eigenvalue weighted by atomic mass is 10.4. The van der Waals surface area contributed by atoms with E-state index in [4.69, 9.17) is 0 Å². The third-order valence-electron chi connectivity index (χ3n) is 3.29. The number of hydrogen-bond acceptors (Lipinski definition) is 5. The van der Waals surface area contributed by atoms with Crippen molar-refractivity contribution in [3.05, 3.63) is 34.4 Å². The van der Waals surface area contributed by atoms with Crippen LogP contribution in [-0.2, 0) is 6.54 Å². The highest BCUT2D eigenvalue weighted by Crippen LogP contribution is 2.19. The van der Waals surface area contributed by atoms with Crippen LogP contribution in [-0.4, -0.2) is 23.1 Å². The second kappa shape index (κ2) is 5.57. The van der Waals surface area contributed by atoms with Crippen molar-refractivity contribution >= 4 is 22.8 Å². The van der Waals surface area contributed by atoms with Crippen molar-refractivity contribution in [1.29, 1.82) is 0 Å². The van der Waals surface area contributed by atoms with Gasteiger partial charge in [0.25, 0.3) is 0 Å². The van der Waals surface area contributed by atoms with Crippen molar-refractivity contribution in [3.63, 3.8) is 0 Å². The average Bonchev–Trinajstić information content (AvgIpc) is 3.08. The number of nitrogens with one attached hydrogen (secondary N) is 1. The summed E-state index contributed by atoms with van der Waals surface area (Å²) in [5.74, 6) is 1.09. The minimum Gasteiger partial charge on any atom is -0.377 e. The van der Waals surface area contributed by atoms with Crippen LogP contribution in [0.3, 0.4) is 0 Å². The highest BCUT2D eigenvalue weighted by atomic mass is 32.1. The molecule has 3 heterocycles. The van der Waals surface area contributed by atoms with Crippen LogP contribution >= 0.6 is 11.3 Å². The molecular formula is C14H18N4S. The Morgan fingerprint density at radius 3 is 2.79 bits per heavy atom. The molecule has 4 nitrogen and oxygen atoms in total. The van der Waals surface area contributed by atoms with Crippen LogP contribution in [0.1, 0.15) is 23.5 Å². The summed E-state index contributed by atoms with van der Waals surface area (Å²) in [6.07, 6.45) is 4.48. The maximum Gasteiger partial charge on any atom is 0.128 e. The molecule has 0 bridgehead atoms. The molecule has 1 fully saturated rings. The summed E-state index contributed by atoms with van der Waals surface area (Å²) in [6.45, 7) is 5.06. The van der Waals surface area contributed by atoms with Crippen LogP contribution in [0.5, 0.6) is 0 Å². The van der Waals surface area contributed by atoms with Gasteiger partial charge in [-0.15, -0.1) is 11.3 Å². The van der Waals surface area contributed by atoms with Crippen LogP contribution < -0.4 is 10.2 Å². The molecule has 1 N–H and O–H groups in total. The van der Waals surface area contributed by atoms with E-state index in [1.54, 1.807) is 11.3 Å². The van der Waals surface area contributed by atoms with E-state index in [1.165, 1.54) is 12.8 Å². The van der Waals surface area contributed by atoms with Gasteiger partial charge in [-0.05, 0) is 31.9 Å². The molecule has 0 saturated carbocycles. The number of rotatable bonds is 4. The van der Waals surface area contributed by atoms with Crippen molar-refractivity contribution in [2.24, 2.45) is 0 Å². The normalized spacial score (nSPS) is 14.9. The van der Waals surface area contributed by atoms with Gasteiger partial charge in [0, 0.05) is 24.2 Å². The van der Waals surface area contributed by atoms with E-state index in [-0.39, 0.29) is 0 Å². The minimum atomic E-state index is 0.767. The summed E-state index contributed by atoms with van der Waals surface area (Å²) in [5, 5.41) is 6.55. The molecule has 2 aromatic rings. The highest BCUT2D eigenvalue weighted by Gasteiger charge is 2.12. The molecule has 1 saturated heterocycles. The Morgan fingerprint density at radius 1 is 1.32 bits per heavy atom. The molecule has 3 rings (SSSR count). The smallest absolute Gasteiger partial charge is 0.128 e. The highest BCUT2D eigenvalue weighted by molar-refractivity contribution is 7.09. The maximum absolute atomic E-state index is 4.52. The Balaban J connectivity index is 1.59. The van der Waals surface area contributed by atoms with Crippen LogP contribution in [0, 0.1) is 6.92 Å². The first-order valence-corrected chi connectivity index (χ1v) is 7.55. The van der Waals surface area contributed by atoms with E-state index in [0.717, 1.165) is 41.8 Å². The summed E-state index contributed by atoms with van der Waals surface area (Å²) in [7, 11) is 0. The van der Waals surface area contributed by atoms with Gasteiger partial charge in [-0.2, -0.15) is 0 Å². The van der Waals surface area contributed by atoms with Crippen LogP contribution in [0.4, 0.5) is 11.5 Å². The molecule has 0 unspecified atom stereocenters. The van der Waals surface area contributed by atoms with Gasteiger partial charge in [0.15, 0.2) is 0 Å². The lowest BCUT2D eigenvalue weighted by Crippen LogP contribution is -2.18. The first-order chi connectivity index (χ1) is 9.31. The summed E-state index contributed by atoms with van der Waals surface area (Å²) < 4.78 is 0. The zero-order valence-electron chi connectivity index (χ0n) is 11.1. The SMILES string of the molecule is Cc1csc(CNc2ccc(N3CCCC3)nc2)n1. The molecule has 1 aliphatic heterocycles. The number of hydrogen-bond donors (Lipinski definition) is 1. The van der Waals surface area contributed by atoms with Gasteiger partial charge in [0.1, 0.15) is 10.8 Å². The topological polar surface area (TPSA) is 41.0 Å². The van der Waals surface area contributed by atoms with Gasteiger partial charge < -0.3 is 10.2 Å². The Bertz CT molecular complexity index is 529. The number of pyridine rings is 1. The summed E-state index contributed by atoms with van der Waals surface area (Å²) in [6, 6.07) is 4.20. The molecule has 2 aromatic heterocycles. The molecule has 5 heteroatoms. The summed E-state index contributed by atoms with van der Waals surface area (Å²) in [5.41, 5.74) is 2.14. The van der Waals surface area contributed by atoms with Crippen LogP contribution in [0.25, 0.3) is 0 Å². The van der Waals surface area contributed by atoms with Gasteiger partial charge in [0.05, 0.1) is 18.4 Å². The molecular weight excluding hydrogens is 256 g/mol. The molecule has 1 aliphatic rings. The Hall–Kier alpha value is -1.62. The molecule has 0 aromatic carbocycles. The van der Waals surface area contributed by atoms with Crippen molar-refractivity contribution in [2.75, 3.05) is 23.3 Å². The Kier molecular flexibility index (Phi) is 3.64. The molecule has 0 radical (unpaired) electrons. The Morgan fingerprint density at radius 2 is 2.16 bits per heavy atom. The fourth-order valence-electron chi connectivity index (χ4n) is 2.29. The maximum atomic E-state index is 4.52. The van der Waals surface area contributed by atoms with Gasteiger partial charge in [-0.1, -0.05) is 0 Å². The average molecular weight is 274 g/mol. The zero-order valence-corrected chi connectivity index (χ0v) is 11.9. The van der Waals surface area contributed by atoms with Gasteiger partial charge in [-0.3, -0.25) is 0 Å².